The third-order valence-corrected chi connectivity index (χ3v) is 3.36. The van der Waals surface area contributed by atoms with Gasteiger partial charge in [-0.2, -0.15) is 0 Å². The van der Waals surface area contributed by atoms with Crippen molar-refractivity contribution in [1.29, 1.82) is 0 Å². The molecule has 1 aromatic carbocycles. The second kappa shape index (κ2) is 6.40. The summed E-state index contributed by atoms with van der Waals surface area (Å²) < 4.78 is 5.05. The maximum Gasteiger partial charge on any atom is 0.251 e. The topological polar surface area (TPSA) is 64.3 Å². The van der Waals surface area contributed by atoms with Crippen molar-refractivity contribution in [2.75, 3.05) is 13.7 Å². The summed E-state index contributed by atoms with van der Waals surface area (Å²) in [6.45, 7) is 4.55. The monoisotopic (exact) mass is 250 g/mol. The van der Waals surface area contributed by atoms with Gasteiger partial charge in [-0.25, -0.2) is 0 Å². The minimum absolute atomic E-state index is 0.102. The Morgan fingerprint density at radius 3 is 2.28 bits per heavy atom. The summed E-state index contributed by atoms with van der Waals surface area (Å²) >= 11 is 0. The molecule has 0 radical (unpaired) electrons. The Balaban J connectivity index is 2.59. The number of carbonyl (C=O) groups excluding carboxylic acids is 1. The van der Waals surface area contributed by atoms with Gasteiger partial charge in [0, 0.05) is 17.6 Å². The lowest BCUT2D eigenvalue weighted by Gasteiger charge is -2.26. The van der Waals surface area contributed by atoms with E-state index in [-0.39, 0.29) is 11.4 Å². The maximum absolute atomic E-state index is 11.9. The van der Waals surface area contributed by atoms with Crippen molar-refractivity contribution in [3.8, 4) is 5.75 Å². The number of carbonyl (C=O) groups is 1. The lowest BCUT2D eigenvalue weighted by molar-refractivity contribution is 0.0942. The molecule has 0 fully saturated rings. The number of amides is 1. The average Bonchev–Trinajstić information content (AvgIpc) is 2.44. The van der Waals surface area contributed by atoms with Gasteiger partial charge in [0.2, 0.25) is 0 Å². The highest BCUT2D eigenvalue weighted by Crippen LogP contribution is 2.12. The Morgan fingerprint density at radius 1 is 1.28 bits per heavy atom. The van der Waals surface area contributed by atoms with Crippen molar-refractivity contribution < 1.29 is 9.53 Å². The van der Waals surface area contributed by atoms with Crippen LogP contribution in [0.25, 0.3) is 0 Å². The molecule has 0 aliphatic carbocycles. The van der Waals surface area contributed by atoms with E-state index in [0.29, 0.717) is 12.1 Å². The van der Waals surface area contributed by atoms with Crippen LogP contribution in [-0.4, -0.2) is 25.1 Å². The molecule has 1 amide bonds. The van der Waals surface area contributed by atoms with Gasteiger partial charge in [-0.15, -0.1) is 0 Å². The molecule has 0 spiro atoms. The zero-order chi connectivity index (χ0) is 13.6. The van der Waals surface area contributed by atoms with Gasteiger partial charge < -0.3 is 15.8 Å². The maximum atomic E-state index is 11.9. The van der Waals surface area contributed by atoms with Crippen molar-refractivity contribution in [3.05, 3.63) is 29.8 Å². The summed E-state index contributed by atoms with van der Waals surface area (Å²) in [5.41, 5.74) is 6.43. The summed E-state index contributed by atoms with van der Waals surface area (Å²) in [7, 11) is 1.60. The van der Waals surface area contributed by atoms with E-state index in [4.69, 9.17) is 10.5 Å². The van der Waals surface area contributed by atoms with Gasteiger partial charge in [0.15, 0.2) is 0 Å². The number of benzene rings is 1. The van der Waals surface area contributed by atoms with Gasteiger partial charge in [0.25, 0.3) is 5.91 Å². The average molecular weight is 250 g/mol. The minimum Gasteiger partial charge on any atom is -0.497 e. The molecule has 3 N–H and O–H groups in total. The third kappa shape index (κ3) is 3.74. The first-order valence-corrected chi connectivity index (χ1v) is 6.25. The predicted octanol–water partition coefficient (Wildman–Crippen LogP) is 1.94. The van der Waals surface area contributed by atoms with E-state index in [2.05, 4.69) is 5.32 Å². The van der Waals surface area contributed by atoms with E-state index in [1.165, 1.54) is 0 Å². The molecule has 4 nitrogen and oxygen atoms in total. The van der Waals surface area contributed by atoms with Crippen LogP contribution in [0.4, 0.5) is 0 Å². The molecule has 0 aromatic heterocycles. The highest BCUT2D eigenvalue weighted by atomic mass is 16.5. The van der Waals surface area contributed by atoms with E-state index in [1.807, 2.05) is 13.8 Å². The van der Waals surface area contributed by atoms with Gasteiger partial charge >= 0.3 is 0 Å². The second-order valence-electron chi connectivity index (χ2n) is 4.48. The number of methoxy groups -OCH3 is 1. The van der Waals surface area contributed by atoms with Crippen LogP contribution in [0, 0.1) is 0 Å². The quantitative estimate of drug-likeness (QED) is 0.811. The number of nitrogens with two attached hydrogens (primary N) is 1. The first-order valence-electron chi connectivity index (χ1n) is 6.25. The van der Waals surface area contributed by atoms with Gasteiger partial charge in [-0.1, -0.05) is 13.8 Å². The Bertz CT molecular complexity index is 383. The Kier molecular flexibility index (Phi) is 5.16. The number of ether oxygens (including phenoxy) is 1. The molecule has 1 rings (SSSR count). The Morgan fingerprint density at radius 2 is 1.83 bits per heavy atom. The first kappa shape index (κ1) is 14.5. The van der Waals surface area contributed by atoms with Crippen LogP contribution in [0.15, 0.2) is 24.3 Å². The van der Waals surface area contributed by atoms with Gasteiger partial charge in [0.05, 0.1) is 7.11 Å². The van der Waals surface area contributed by atoms with Crippen LogP contribution in [0.2, 0.25) is 0 Å². The van der Waals surface area contributed by atoms with Crippen LogP contribution in [0.5, 0.6) is 5.75 Å². The number of hydrogen-bond donors (Lipinski definition) is 2. The SMILES string of the molecule is CCC(N)(CC)CNC(=O)c1ccc(OC)cc1. The minimum atomic E-state index is -0.317. The van der Waals surface area contributed by atoms with Crippen molar-refractivity contribution >= 4 is 5.91 Å². The van der Waals surface area contributed by atoms with Crippen LogP contribution >= 0.6 is 0 Å². The van der Waals surface area contributed by atoms with Crippen molar-refractivity contribution in [3.63, 3.8) is 0 Å². The zero-order valence-corrected chi connectivity index (χ0v) is 11.3. The van der Waals surface area contributed by atoms with Crippen LogP contribution in [0.1, 0.15) is 37.0 Å². The van der Waals surface area contributed by atoms with E-state index in [1.54, 1.807) is 31.4 Å². The third-order valence-electron chi connectivity index (χ3n) is 3.36. The molecule has 0 aliphatic rings. The van der Waals surface area contributed by atoms with Crippen molar-refractivity contribution in [1.82, 2.24) is 5.32 Å². The molecule has 0 heterocycles. The Hall–Kier alpha value is -1.55. The number of rotatable bonds is 6. The molecule has 0 bridgehead atoms. The molecular formula is C14H22N2O2. The summed E-state index contributed by atoms with van der Waals surface area (Å²) in [5.74, 6) is 0.635. The molecular weight excluding hydrogens is 228 g/mol. The van der Waals surface area contributed by atoms with Gasteiger partial charge in [0.1, 0.15) is 5.75 Å². The van der Waals surface area contributed by atoms with E-state index in [0.717, 1.165) is 18.6 Å². The lowest BCUT2D eigenvalue weighted by atomic mass is 9.94. The highest BCUT2D eigenvalue weighted by molar-refractivity contribution is 5.94. The molecule has 4 heteroatoms. The van der Waals surface area contributed by atoms with Crippen LogP contribution in [-0.2, 0) is 0 Å². The standard InChI is InChI=1S/C14H22N2O2/c1-4-14(15,5-2)10-16-13(17)11-6-8-12(18-3)9-7-11/h6-9H,4-5,10,15H2,1-3H3,(H,16,17). The van der Waals surface area contributed by atoms with E-state index < -0.39 is 0 Å². The summed E-state index contributed by atoms with van der Waals surface area (Å²) in [6.07, 6.45) is 1.68. The molecule has 18 heavy (non-hydrogen) atoms. The highest BCUT2D eigenvalue weighted by Gasteiger charge is 2.21. The van der Waals surface area contributed by atoms with Gasteiger partial charge in [-0.3, -0.25) is 4.79 Å². The normalized spacial score (nSPS) is 11.1. The molecule has 0 aliphatic heterocycles. The molecule has 0 unspecified atom stereocenters. The van der Waals surface area contributed by atoms with Crippen LogP contribution in [0.3, 0.4) is 0 Å². The van der Waals surface area contributed by atoms with E-state index >= 15 is 0 Å². The smallest absolute Gasteiger partial charge is 0.251 e. The Labute approximate surface area is 109 Å². The zero-order valence-electron chi connectivity index (χ0n) is 11.3. The lowest BCUT2D eigenvalue weighted by Crippen LogP contribution is -2.49. The number of nitrogens with one attached hydrogen (secondary N) is 1. The first-order chi connectivity index (χ1) is 8.54. The fourth-order valence-corrected chi connectivity index (χ4v) is 1.60. The summed E-state index contributed by atoms with van der Waals surface area (Å²) in [4.78, 5) is 11.9. The van der Waals surface area contributed by atoms with Crippen molar-refractivity contribution in [2.45, 2.75) is 32.2 Å². The largest absolute Gasteiger partial charge is 0.497 e. The fraction of sp³-hybridized carbons (Fsp3) is 0.500. The number of hydrogen-bond acceptors (Lipinski definition) is 3. The molecule has 0 saturated carbocycles. The second-order valence-corrected chi connectivity index (χ2v) is 4.48. The fourth-order valence-electron chi connectivity index (χ4n) is 1.60. The summed E-state index contributed by atoms with van der Waals surface area (Å²) in [5, 5.41) is 2.87. The predicted molar refractivity (Wildman–Crippen MR) is 72.8 cm³/mol. The molecule has 1 aromatic rings. The molecule has 100 valence electrons. The van der Waals surface area contributed by atoms with Crippen molar-refractivity contribution in [2.24, 2.45) is 5.73 Å². The van der Waals surface area contributed by atoms with E-state index in [9.17, 15) is 4.79 Å². The van der Waals surface area contributed by atoms with Gasteiger partial charge in [-0.05, 0) is 37.1 Å². The summed E-state index contributed by atoms with van der Waals surface area (Å²) in [6, 6.07) is 7.02. The van der Waals surface area contributed by atoms with Crippen LogP contribution < -0.4 is 15.8 Å². The molecule has 0 atom stereocenters. The molecule has 0 saturated heterocycles.